The number of hydrogen-bond donors (Lipinski definition) is 2. The van der Waals surface area contributed by atoms with Crippen LogP contribution in [0.25, 0.3) is 0 Å². The monoisotopic (exact) mass is 434 g/mol. The number of halogens is 1. The molecule has 0 amide bonds. The van der Waals surface area contributed by atoms with Crippen LogP contribution in [0.2, 0.25) is 0 Å². The minimum Gasteiger partial charge on any atom is -0.488 e. The summed E-state index contributed by atoms with van der Waals surface area (Å²) in [5.74, 6) is 0.749. The lowest BCUT2D eigenvalue weighted by Gasteiger charge is -2.22. The summed E-state index contributed by atoms with van der Waals surface area (Å²) in [5, 5.41) is 4.17. The third-order valence-electron chi connectivity index (χ3n) is 3.85. The minimum atomic E-state index is 0.122. The van der Waals surface area contributed by atoms with Crippen molar-refractivity contribution < 1.29 is 4.74 Å². The Morgan fingerprint density at radius 1 is 1.27 bits per heavy atom. The lowest BCUT2D eigenvalue weighted by molar-refractivity contribution is 0.305. The molecule has 0 bridgehead atoms. The molecule has 0 aliphatic carbocycles. The second-order valence-electron chi connectivity index (χ2n) is 5.51. The van der Waals surface area contributed by atoms with Crippen molar-refractivity contribution in [1.29, 1.82) is 0 Å². The quantitative estimate of drug-likeness (QED) is 0.372. The maximum atomic E-state index is 6.10. The van der Waals surface area contributed by atoms with Gasteiger partial charge in [-0.15, -0.1) is 0 Å². The fraction of sp³-hybridized carbons (Fsp3) is 0.263. The number of nitrogens with one attached hydrogen (secondary N) is 1. The molecule has 2 aromatic carbocycles. The summed E-state index contributed by atoms with van der Waals surface area (Å²) in [4.78, 5) is 2.26. The Hall–Kier alpha value is -2.12. The van der Waals surface area contributed by atoms with Gasteiger partial charge >= 0.3 is 0 Å². The molecular weight excluding hydrogens is 412 g/mol. The van der Waals surface area contributed by atoms with E-state index in [1.54, 1.807) is 6.21 Å². The molecule has 0 unspecified atom stereocenters. The second-order valence-corrected chi connectivity index (χ2v) is 6.80. The molecule has 0 heterocycles. The Bertz CT molecular complexity index is 778. The number of benzene rings is 2. The molecule has 0 spiro atoms. The molecule has 0 saturated heterocycles. The number of hydrogen-bond acceptors (Lipinski definition) is 4. The highest BCUT2D eigenvalue weighted by Crippen LogP contribution is 2.27. The Balaban J connectivity index is 2.28. The molecule has 2 aromatic rings. The first kappa shape index (κ1) is 20.2. The molecule has 0 saturated carbocycles. The molecule has 0 aliphatic heterocycles. The van der Waals surface area contributed by atoms with Crippen molar-refractivity contribution in [3.05, 3.63) is 58.1 Å². The van der Waals surface area contributed by atoms with Crippen molar-refractivity contribution in [2.75, 3.05) is 18.0 Å². The van der Waals surface area contributed by atoms with Gasteiger partial charge in [-0.1, -0.05) is 34.1 Å². The molecular formula is C19H23BrN4OS. The third-order valence-corrected chi connectivity index (χ3v) is 4.71. The largest absolute Gasteiger partial charge is 0.488 e. The number of nitrogens with zero attached hydrogens (tertiary/aromatic N) is 2. The summed E-state index contributed by atoms with van der Waals surface area (Å²) in [6.07, 6.45) is 1.65. The fourth-order valence-corrected chi connectivity index (χ4v) is 2.93. The minimum absolute atomic E-state index is 0.122. The highest BCUT2D eigenvalue weighted by Gasteiger charge is 2.09. The summed E-state index contributed by atoms with van der Waals surface area (Å²) in [7, 11) is 0. The van der Waals surface area contributed by atoms with E-state index in [4.69, 9.17) is 22.7 Å². The van der Waals surface area contributed by atoms with Gasteiger partial charge in [-0.2, -0.15) is 5.10 Å². The van der Waals surface area contributed by atoms with Gasteiger partial charge in [-0.25, -0.2) is 0 Å². The molecule has 0 aromatic heterocycles. The van der Waals surface area contributed by atoms with Gasteiger partial charge in [0, 0.05) is 40.4 Å². The molecule has 7 heteroatoms. The average molecular weight is 435 g/mol. The van der Waals surface area contributed by atoms with Crippen LogP contribution in [0.3, 0.4) is 0 Å². The van der Waals surface area contributed by atoms with Crippen molar-refractivity contribution in [3.63, 3.8) is 0 Å². The first-order valence-corrected chi connectivity index (χ1v) is 9.59. The van der Waals surface area contributed by atoms with E-state index >= 15 is 0 Å². The van der Waals surface area contributed by atoms with Crippen molar-refractivity contribution in [2.45, 2.75) is 20.5 Å². The molecule has 0 fully saturated rings. The van der Waals surface area contributed by atoms with Gasteiger partial charge in [-0.3, -0.25) is 5.43 Å². The van der Waals surface area contributed by atoms with Crippen LogP contribution in [0, 0.1) is 0 Å². The maximum absolute atomic E-state index is 6.10. The zero-order valence-corrected chi connectivity index (χ0v) is 17.3. The van der Waals surface area contributed by atoms with Gasteiger partial charge in [0.15, 0.2) is 5.11 Å². The third kappa shape index (κ3) is 5.71. The van der Waals surface area contributed by atoms with Crippen LogP contribution in [0.1, 0.15) is 25.0 Å². The van der Waals surface area contributed by atoms with E-state index in [2.05, 4.69) is 51.3 Å². The van der Waals surface area contributed by atoms with E-state index < -0.39 is 0 Å². The Kier molecular flexibility index (Phi) is 7.87. The molecule has 26 heavy (non-hydrogen) atoms. The number of hydrazone groups is 1. The molecule has 3 N–H and O–H groups in total. The van der Waals surface area contributed by atoms with E-state index in [0.29, 0.717) is 6.61 Å². The first-order valence-electron chi connectivity index (χ1n) is 8.38. The normalized spacial score (nSPS) is 10.7. The number of thiocarbonyl (C=S) groups is 1. The number of ether oxygens (including phenoxy) is 1. The van der Waals surface area contributed by atoms with Crippen molar-refractivity contribution >= 4 is 45.2 Å². The number of rotatable bonds is 8. The molecule has 2 rings (SSSR count). The molecule has 138 valence electrons. The SMILES string of the molecule is CCN(CC)c1ccc(C=NNC(N)=S)c(OCc2ccccc2Br)c1. The number of nitrogens with two attached hydrogens (primary N) is 1. The maximum Gasteiger partial charge on any atom is 0.184 e. The van der Waals surface area contributed by atoms with Crippen LogP contribution in [0.5, 0.6) is 5.75 Å². The highest BCUT2D eigenvalue weighted by molar-refractivity contribution is 9.10. The van der Waals surface area contributed by atoms with Gasteiger partial charge in [0.1, 0.15) is 12.4 Å². The van der Waals surface area contributed by atoms with E-state index in [-0.39, 0.29) is 5.11 Å². The van der Waals surface area contributed by atoms with Gasteiger partial charge < -0.3 is 15.4 Å². The van der Waals surface area contributed by atoms with E-state index in [1.165, 1.54) is 0 Å². The lowest BCUT2D eigenvalue weighted by Crippen LogP contribution is -2.24. The highest BCUT2D eigenvalue weighted by atomic mass is 79.9. The topological polar surface area (TPSA) is 62.9 Å². The predicted octanol–water partition coefficient (Wildman–Crippen LogP) is 4.04. The lowest BCUT2D eigenvalue weighted by atomic mass is 10.1. The van der Waals surface area contributed by atoms with Crippen LogP contribution < -0.4 is 20.8 Å². The Morgan fingerprint density at radius 3 is 2.65 bits per heavy atom. The van der Waals surface area contributed by atoms with Gasteiger partial charge in [0.05, 0.1) is 6.21 Å². The zero-order valence-electron chi connectivity index (χ0n) is 14.9. The summed E-state index contributed by atoms with van der Waals surface area (Å²) >= 11 is 8.32. The Labute approximate surface area is 168 Å². The fourth-order valence-electron chi connectivity index (χ4n) is 2.48. The van der Waals surface area contributed by atoms with Crippen LogP contribution >= 0.6 is 28.1 Å². The second kappa shape index (κ2) is 10.1. The molecule has 0 radical (unpaired) electrons. The zero-order chi connectivity index (χ0) is 18.9. The smallest absolute Gasteiger partial charge is 0.184 e. The van der Waals surface area contributed by atoms with Crippen molar-refractivity contribution in [3.8, 4) is 5.75 Å². The summed E-state index contributed by atoms with van der Waals surface area (Å²) in [6.45, 7) is 6.57. The number of anilines is 1. The van der Waals surface area contributed by atoms with Crippen LogP contribution in [0.4, 0.5) is 5.69 Å². The molecule has 5 nitrogen and oxygen atoms in total. The summed E-state index contributed by atoms with van der Waals surface area (Å²) in [5.41, 5.74) is 11.0. The van der Waals surface area contributed by atoms with Crippen LogP contribution in [0.15, 0.2) is 52.0 Å². The van der Waals surface area contributed by atoms with Crippen LogP contribution in [-0.4, -0.2) is 24.4 Å². The van der Waals surface area contributed by atoms with Gasteiger partial charge in [0.25, 0.3) is 0 Å². The summed E-state index contributed by atoms with van der Waals surface area (Å²) < 4.78 is 7.12. The van der Waals surface area contributed by atoms with Crippen LogP contribution in [-0.2, 0) is 6.61 Å². The van der Waals surface area contributed by atoms with Gasteiger partial charge in [-0.05, 0) is 44.3 Å². The van der Waals surface area contributed by atoms with Crippen molar-refractivity contribution in [2.24, 2.45) is 10.8 Å². The summed E-state index contributed by atoms with van der Waals surface area (Å²) in [6, 6.07) is 14.1. The average Bonchev–Trinajstić information content (AvgIpc) is 2.63. The Morgan fingerprint density at radius 2 is 2.00 bits per heavy atom. The predicted molar refractivity (Wildman–Crippen MR) is 116 cm³/mol. The molecule has 0 atom stereocenters. The molecule has 0 aliphatic rings. The van der Waals surface area contributed by atoms with E-state index in [0.717, 1.165) is 40.1 Å². The first-order chi connectivity index (χ1) is 12.5. The standard InChI is InChI=1S/C19H23BrN4OS/c1-3-24(4-2)16-10-9-14(12-22-23-19(21)26)18(11-16)25-13-15-7-5-6-8-17(15)20/h5-12H,3-4,13H2,1-2H3,(H3,21,23,26). The van der Waals surface area contributed by atoms with E-state index in [1.807, 2.05) is 36.4 Å². The van der Waals surface area contributed by atoms with E-state index in [9.17, 15) is 0 Å². The van der Waals surface area contributed by atoms with Crippen molar-refractivity contribution in [1.82, 2.24) is 5.43 Å². The van der Waals surface area contributed by atoms with Gasteiger partial charge in [0.2, 0.25) is 0 Å².